The minimum Gasteiger partial charge on any atom is -0.355 e. The van der Waals surface area contributed by atoms with Gasteiger partial charge in [-0.1, -0.05) is 12.1 Å². The van der Waals surface area contributed by atoms with Crippen molar-refractivity contribution in [3.8, 4) is 0 Å². The van der Waals surface area contributed by atoms with Crippen LogP contribution in [0.1, 0.15) is 21.9 Å². The van der Waals surface area contributed by atoms with Gasteiger partial charge in [0.1, 0.15) is 5.82 Å². The van der Waals surface area contributed by atoms with E-state index >= 15 is 0 Å². The van der Waals surface area contributed by atoms with Crippen LogP contribution in [0.5, 0.6) is 0 Å². The van der Waals surface area contributed by atoms with Gasteiger partial charge in [0.05, 0.1) is 12.1 Å². The lowest BCUT2D eigenvalue weighted by atomic mass is 10.1. The summed E-state index contributed by atoms with van der Waals surface area (Å²) < 4.78 is 12.8. The number of anilines is 1. The van der Waals surface area contributed by atoms with Gasteiger partial charge in [-0.25, -0.2) is 19.3 Å². The van der Waals surface area contributed by atoms with Gasteiger partial charge < -0.3 is 5.32 Å². The van der Waals surface area contributed by atoms with E-state index in [9.17, 15) is 14.0 Å². The van der Waals surface area contributed by atoms with E-state index in [-0.39, 0.29) is 24.0 Å². The number of thiazole rings is 1. The average molecular weight is 385 g/mol. The molecule has 9 heteroatoms. The van der Waals surface area contributed by atoms with Crippen molar-refractivity contribution in [1.82, 2.24) is 20.3 Å². The topological polar surface area (TPSA) is 96.9 Å². The molecule has 2 aromatic heterocycles. The van der Waals surface area contributed by atoms with Crippen molar-refractivity contribution in [3.05, 3.63) is 71.0 Å². The van der Waals surface area contributed by atoms with Gasteiger partial charge in [0.25, 0.3) is 5.91 Å². The third-order valence-corrected chi connectivity index (χ3v) is 4.34. The van der Waals surface area contributed by atoms with Crippen molar-refractivity contribution in [2.75, 3.05) is 11.9 Å². The molecule has 0 spiro atoms. The van der Waals surface area contributed by atoms with Gasteiger partial charge in [0.15, 0.2) is 5.13 Å². The molecule has 0 unspecified atom stereocenters. The van der Waals surface area contributed by atoms with Crippen LogP contribution in [-0.4, -0.2) is 33.3 Å². The Morgan fingerprint density at radius 2 is 1.85 bits per heavy atom. The Balaban J connectivity index is 1.45. The molecule has 0 saturated carbocycles. The first-order valence-corrected chi connectivity index (χ1v) is 9.02. The predicted molar refractivity (Wildman–Crippen MR) is 98.9 cm³/mol. The molecule has 1 aromatic carbocycles. The number of hydrogen-bond donors (Lipinski definition) is 2. The second-order valence-corrected chi connectivity index (χ2v) is 6.43. The summed E-state index contributed by atoms with van der Waals surface area (Å²) in [6.07, 6.45) is 3.68. The lowest BCUT2D eigenvalue weighted by Gasteiger charge is -2.04. The fourth-order valence-corrected chi connectivity index (χ4v) is 2.94. The molecule has 0 bridgehead atoms. The summed E-state index contributed by atoms with van der Waals surface area (Å²) in [5.74, 6) is -0.868. The van der Waals surface area contributed by atoms with E-state index < -0.39 is 5.91 Å². The maximum Gasteiger partial charge on any atom is 0.295 e. The van der Waals surface area contributed by atoms with Crippen LogP contribution >= 0.6 is 11.3 Å². The molecular weight excluding hydrogens is 369 g/mol. The van der Waals surface area contributed by atoms with Gasteiger partial charge >= 0.3 is 0 Å². The van der Waals surface area contributed by atoms with E-state index in [0.29, 0.717) is 23.8 Å². The molecule has 2 heterocycles. The normalized spacial score (nSPS) is 10.4. The van der Waals surface area contributed by atoms with Crippen LogP contribution in [0.4, 0.5) is 9.52 Å². The highest BCUT2D eigenvalue weighted by Crippen LogP contribution is 2.16. The molecule has 0 fully saturated rings. The van der Waals surface area contributed by atoms with Crippen molar-refractivity contribution in [2.45, 2.75) is 12.8 Å². The largest absolute Gasteiger partial charge is 0.355 e. The number of carbonyl (C=O) groups is 2. The Morgan fingerprint density at radius 3 is 2.59 bits per heavy atom. The zero-order chi connectivity index (χ0) is 19.1. The molecule has 3 rings (SSSR count). The molecule has 7 nitrogen and oxygen atoms in total. The van der Waals surface area contributed by atoms with Gasteiger partial charge in [-0.3, -0.25) is 14.9 Å². The van der Waals surface area contributed by atoms with Gasteiger partial charge in [0.2, 0.25) is 11.7 Å². The van der Waals surface area contributed by atoms with Crippen molar-refractivity contribution in [1.29, 1.82) is 0 Å². The first-order valence-electron chi connectivity index (χ1n) is 8.14. The summed E-state index contributed by atoms with van der Waals surface area (Å²) in [5, 5.41) is 7.48. The number of halogens is 1. The molecule has 0 radical (unpaired) electrons. The smallest absolute Gasteiger partial charge is 0.295 e. The standard InChI is InChI=1S/C18H16FN5O2S/c19-13-4-2-12(3-5-13)6-9-20-15(25)10-14-11-27-18(23-14)24-17(26)16-21-7-1-8-22-16/h1-5,7-8,11H,6,9-10H2,(H,20,25)(H,23,24,26). The predicted octanol–water partition coefficient (Wildman–Crippen LogP) is 2.23. The van der Waals surface area contributed by atoms with Crippen LogP contribution in [0.2, 0.25) is 0 Å². The second kappa shape index (κ2) is 8.95. The first-order chi connectivity index (χ1) is 13.1. The summed E-state index contributed by atoms with van der Waals surface area (Å²) in [5.41, 5.74) is 1.50. The van der Waals surface area contributed by atoms with Crippen molar-refractivity contribution < 1.29 is 14.0 Å². The minimum absolute atomic E-state index is 0.0489. The highest BCUT2D eigenvalue weighted by molar-refractivity contribution is 7.14. The maximum atomic E-state index is 12.8. The van der Waals surface area contributed by atoms with E-state index in [1.54, 1.807) is 23.6 Å². The number of aromatic nitrogens is 3. The van der Waals surface area contributed by atoms with Crippen LogP contribution in [0.15, 0.2) is 48.1 Å². The Labute approximate surface area is 158 Å². The van der Waals surface area contributed by atoms with Gasteiger partial charge in [-0.2, -0.15) is 0 Å². The van der Waals surface area contributed by atoms with E-state index in [2.05, 4.69) is 25.6 Å². The van der Waals surface area contributed by atoms with E-state index in [1.807, 2.05) is 0 Å². The Morgan fingerprint density at radius 1 is 1.11 bits per heavy atom. The first kappa shape index (κ1) is 18.6. The molecule has 0 atom stereocenters. The monoisotopic (exact) mass is 385 g/mol. The van der Waals surface area contributed by atoms with Crippen LogP contribution in [0, 0.1) is 5.82 Å². The lowest BCUT2D eigenvalue weighted by molar-refractivity contribution is -0.120. The zero-order valence-corrected chi connectivity index (χ0v) is 15.0. The third-order valence-electron chi connectivity index (χ3n) is 3.53. The van der Waals surface area contributed by atoms with E-state index in [0.717, 1.165) is 5.56 Å². The lowest BCUT2D eigenvalue weighted by Crippen LogP contribution is -2.27. The Kier molecular flexibility index (Phi) is 6.16. The maximum absolute atomic E-state index is 12.8. The van der Waals surface area contributed by atoms with Crippen LogP contribution in [0.25, 0.3) is 0 Å². The number of carbonyl (C=O) groups excluding carboxylic acids is 2. The van der Waals surface area contributed by atoms with Crippen LogP contribution < -0.4 is 10.6 Å². The fraction of sp³-hybridized carbons (Fsp3) is 0.167. The average Bonchev–Trinajstić information content (AvgIpc) is 3.10. The van der Waals surface area contributed by atoms with E-state index in [4.69, 9.17) is 0 Å². The van der Waals surface area contributed by atoms with Gasteiger partial charge in [-0.05, 0) is 30.2 Å². The van der Waals surface area contributed by atoms with Gasteiger partial charge in [0, 0.05) is 24.3 Å². The minimum atomic E-state index is -0.458. The molecular formula is C18H16FN5O2S. The molecule has 0 aliphatic heterocycles. The summed E-state index contributed by atoms with van der Waals surface area (Å²) in [7, 11) is 0. The second-order valence-electron chi connectivity index (χ2n) is 5.57. The van der Waals surface area contributed by atoms with Gasteiger partial charge in [-0.15, -0.1) is 11.3 Å². The number of nitrogens with zero attached hydrogens (tertiary/aromatic N) is 3. The summed E-state index contributed by atoms with van der Waals surface area (Å²) in [6, 6.07) is 7.78. The Hall–Kier alpha value is -3.20. The fourth-order valence-electron chi connectivity index (χ4n) is 2.24. The summed E-state index contributed by atoms with van der Waals surface area (Å²) >= 11 is 1.22. The number of nitrogens with one attached hydrogen (secondary N) is 2. The molecule has 2 amide bonds. The highest BCUT2D eigenvalue weighted by Gasteiger charge is 2.12. The molecule has 2 N–H and O–H groups in total. The molecule has 0 aliphatic rings. The molecule has 27 heavy (non-hydrogen) atoms. The van der Waals surface area contributed by atoms with Crippen molar-refractivity contribution in [3.63, 3.8) is 0 Å². The molecule has 0 aliphatic carbocycles. The number of rotatable bonds is 7. The molecule has 138 valence electrons. The number of benzene rings is 1. The number of hydrogen-bond acceptors (Lipinski definition) is 6. The van der Waals surface area contributed by atoms with Crippen LogP contribution in [0.3, 0.4) is 0 Å². The molecule has 0 saturated heterocycles. The van der Waals surface area contributed by atoms with Crippen LogP contribution in [-0.2, 0) is 17.6 Å². The van der Waals surface area contributed by atoms with Crippen molar-refractivity contribution in [2.24, 2.45) is 0 Å². The Bertz CT molecular complexity index is 915. The number of amides is 2. The summed E-state index contributed by atoms with van der Waals surface area (Å²) in [6.45, 7) is 0.448. The highest BCUT2D eigenvalue weighted by atomic mass is 32.1. The SMILES string of the molecule is O=C(Cc1csc(NC(=O)c2ncccn2)n1)NCCc1ccc(F)cc1. The zero-order valence-electron chi connectivity index (χ0n) is 14.2. The molecule has 3 aromatic rings. The van der Waals surface area contributed by atoms with E-state index in [1.165, 1.54) is 35.9 Å². The third kappa shape index (κ3) is 5.65. The quantitative estimate of drug-likeness (QED) is 0.650. The summed E-state index contributed by atoms with van der Waals surface area (Å²) in [4.78, 5) is 35.9. The van der Waals surface area contributed by atoms with Crippen molar-refractivity contribution >= 4 is 28.3 Å².